The molecule has 0 aliphatic carbocycles. The Balaban J connectivity index is 1.71. The first-order valence-electron chi connectivity index (χ1n) is 11.1. The molecule has 0 atom stereocenters. The van der Waals surface area contributed by atoms with Crippen molar-refractivity contribution in [1.82, 2.24) is 0 Å². The van der Waals surface area contributed by atoms with Gasteiger partial charge in [0.25, 0.3) is 0 Å². The summed E-state index contributed by atoms with van der Waals surface area (Å²) in [6.45, 7) is 9.37. The van der Waals surface area contributed by atoms with Crippen LogP contribution in [0.1, 0.15) is 43.4 Å². The lowest BCUT2D eigenvalue weighted by Crippen LogP contribution is -2.41. The lowest BCUT2D eigenvalue weighted by atomic mass is 9.86. The van der Waals surface area contributed by atoms with Crippen LogP contribution in [-0.2, 0) is 11.3 Å². The number of para-hydroxylation sites is 1. The van der Waals surface area contributed by atoms with Gasteiger partial charge in [-0.05, 0) is 84.2 Å². The van der Waals surface area contributed by atoms with Gasteiger partial charge in [0.1, 0.15) is 5.75 Å². The molecule has 1 amide bonds. The lowest BCUT2D eigenvalue weighted by Gasteiger charge is -2.33. The number of carbonyl (C=O) groups is 1. The van der Waals surface area contributed by atoms with Gasteiger partial charge in [0.15, 0.2) is 0 Å². The van der Waals surface area contributed by atoms with Gasteiger partial charge >= 0.3 is 0 Å². The number of hydrogen-bond acceptors (Lipinski definition) is 2. The van der Waals surface area contributed by atoms with Gasteiger partial charge in [-0.2, -0.15) is 0 Å². The molecule has 3 aromatic carbocycles. The summed E-state index contributed by atoms with van der Waals surface area (Å²) in [5, 5.41) is 0. The number of nitrogens with zero attached hydrogens (tertiary/aromatic N) is 1. The van der Waals surface area contributed by atoms with Crippen LogP contribution in [0.3, 0.4) is 0 Å². The third-order valence-electron chi connectivity index (χ3n) is 5.70. The topological polar surface area (TPSA) is 29.5 Å². The number of rotatable bonds is 9. The van der Waals surface area contributed by atoms with Gasteiger partial charge in [0, 0.05) is 8.99 Å². The molecule has 3 aromatic rings. The van der Waals surface area contributed by atoms with Crippen molar-refractivity contribution in [3.05, 3.63) is 93.1 Å². The van der Waals surface area contributed by atoms with E-state index in [1.807, 2.05) is 61.2 Å². The summed E-state index contributed by atoms with van der Waals surface area (Å²) in [6, 6.07) is 24.5. The van der Waals surface area contributed by atoms with Crippen molar-refractivity contribution < 1.29 is 9.53 Å². The van der Waals surface area contributed by atoms with E-state index in [-0.39, 0.29) is 5.91 Å². The quantitative estimate of drug-likeness (QED) is 0.210. The summed E-state index contributed by atoms with van der Waals surface area (Å²) in [5.41, 5.74) is 3.91. The first-order valence-corrected chi connectivity index (χ1v) is 12.2. The molecular formula is C28H32INO2. The first kappa shape index (κ1) is 24.3. The number of anilines is 1. The maximum atomic E-state index is 13.8. The molecule has 0 aliphatic rings. The largest absolute Gasteiger partial charge is 0.493 e. The van der Waals surface area contributed by atoms with Gasteiger partial charge in [-0.15, -0.1) is 0 Å². The van der Waals surface area contributed by atoms with Crippen molar-refractivity contribution >= 4 is 34.2 Å². The maximum Gasteiger partial charge on any atom is 0.232 e. The van der Waals surface area contributed by atoms with Gasteiger partial charge in [0.05, 0.1) is 18.8 Å². The Morgan fingerprint density at radius 1 is 0.969 bits per heavy atom. The summed E-state index contributed by atoms with van der Waals surface area (Å²) < 4.78 is 7.10. The van der Waals surface area contributed by atoms with Crippen LogP contribution in [0.5, 0.6) is 5.75 Å². The fourth-order valence-corrected chi connectivity index (χ4v) is 4.41. The zero-order valence-corrected chi connectivity index (χ0v) is 21.6. The van der Waals surface area contributed by atoms with E-state index < -0.39 is 5.41 Å². The van der Waals surface area contributed by atoms with Crippen LogP contribution in [0.25, 0.3) is 0 Å². The zero-order valence-electron chi connectivity index (χ0n) is 19.4. The van der Waals surface area contributed by atoms with Gasteiger partial charge in [0.2, 0.25) is 5.91 Å². The summed E-state index contributed by atoms with van der Waals surface area (Å²) >= 11 is 2.31. The summed E-state index contributed by atoms with van der Waals surface area (Å²) in [5.74, 6) is 1.07. The third-order valence-corrected chi connectivity index (χ3v) is 6.61. The van der Waals surface area contributed by atoms with Crippen molar-refractivity contribution in [2.75, 3.05) is 11.5 Å². The second-order valence-electron chi connectivity index (χ2n) is 8.93. The molecule has 3 nitrogen and oxygen atoms in total. The number of benzene rings is 3. The minimum absolute atomic E-state index is 0.136. The van der Waals surface area contributed by atoms with Crippen molar-refractivity contribution in [2.45, 2.75) is 47.1 Å². The molecule has 0 aromatic heterocycles. The van der Waals surface area contributed by atoms with E-state index in [2.05, 4.69) is 66.8 Å². The lowest BCUT2D eigenvalue weighted by molar-refractivity contribution is -0.127. The molecule has 0 radical (unpaired) electrons. The van der Waals surface area contributed by atoms with Crippen LogP contribution in [0.2, 0.25) is 0 Å². The fourth-order valence-electron chi connectivity index (χ4n) is 3.73. The molecule has 0 aliphatic heterocycles. The number of carbonyl (C=O) groups excluding carboxylic acids is 1. The summed E-state index contributed by atoms with van der Waals surface area (Å²) in [6.07, 6.45) is 1.57. The minimum Gasteiger partial charge on any atom is -0.493 e. The number of halogens is 1. The number of hydrogen-bond donors (Lipinski definition) is 0. The number of aryl methyl sites for hydroxylation is 2. The van der Waals surface area contributed by atoms with E-state index in [0.29, 0.717) is 13.2 Å². The van der Waals surface area contributed by atoms with E-state index in [1.165, 1.54) is 5.56 Å². The van der Waals surface area contributed by atoms with Crippen LogP contribution >= 0.6 is 22.6 Å². The molecule has 0 unspecified atom stereocenters. The van der Waals surface area contributed by atoms with Crippen molar-refractivity contribution in [3.63, 3.8) is 0 Å². The maximum absolute atomic E-state index is 13.8. The highest BCUT2D eigenvalue weighted by molar-refractivity contribution is 14.1. The molecular weight excluding hydrogens is 509 g/mol. The smallest absolute Gasteiger partial charge is 0.232 e. The molecule has 32 heavy (non-hydrogen) atoms. The van der Waals surface area contributed by atoms with Gasteiger partial charge in [-0.3, -0.25) is 4.79 Å². The fraction of sp³-hybridized carbons (Fsp3) is 0.321. The molecule has 0 fully saturated rings. The number of amides is 1. The van der Waals surface area contributed by atoms with Gasteiger partial charge in [-0.25, -0.2) is 0 Å². The number of ether oxygens (including phenoxy) is 1. The predicted octanol–water partition coefficient (Wildman–Crippen LogP) is 7.33. The van der Waals surface area contributed by atoms with Gasteiger partial charge < -0.3 is 9.64 Å². The second-order valence-corrected chi connectivity index (χ2v) is 10.1. The molecule has 4 heteroatoms. The first-order chi connectivity index (χ1) is 15.3. The minimum atomic E-state index is -0.501. The van der Waals surface area contributed by atoms with E-state index in [9.17, 15) is 4.79 Å². The van der Waals surface area contributed by atoms with Crippen LogP contribution in [-0.4, -0.2) is 12.5 Å². The Kier molecular flexibility index (Phi) is 8.35. The van der Waals surface area contributed by atoms with Crippen molar-refractivity contribution in [1.29, 1.82) is 0 Å². The van der Waals surface area contributed by atoms with Crippen LogP contribution in [0.15, 0.2) is 72.8 Å². The second kappa shape index (κ2) is 11.0. The normalized spacial score (nSPS) is 11.3. The standard InChI is InChI=1S/C28H32INO2/c1-21-15-16-22(2)26(19-21)32-18-10-17-28(3,4)27(31)30(20-23-11-6-5-7-12-23)25-14-9-8-13-24(25)29/h5-9,11-16,19H,10,17-18,20H2,1-4H3. The van der Waals surface area contributed by atoms with Crippen LogP contribution in [0, 0.1) is 22.8 Å². The highest BCUT2D eigenvalue weighted by Gasteiger charge is 2.33. The molecule has 0 N–H and O–H groups in total. The Hall–Kier alpha value is -2.34. The molecule has 0 spiro atoms. The SMILES string of the molecule is Cc1ccc(C)c(OCCCC(C)(C)C(=O)N(Cc2ccccc2)c2ccccc2I)c1. The molecule has 168 valence electrons. The zero-order chi connectivity index (χ0) is 23.1. The third kappa shape index (κ3) is 6.35. The van der Waals surface area contributed by atoms with E-state index in [0.717, 1.165) is 39.0 Å². The van der Waals surface area contributed by atoms with Gasteiger partial charge in [-0.1, -0.05) is 68.4 Å². The van der Waals surface area contributed by atoms with Crippen LogP contribution < -0.4 is 9.64 Å². The highest BCUT2D eigenvalue weighted by atomic mass is 127. The summed E-state index contributed by atoms with van der Waals surface area (Å²) in [4.78, 5) is 15.7. The average Bonchev–Trinajstić information content (AvgIpc) is 2.78. The molecule has 0 bridgehead atoms. The summed E-state index contributed by atoms with van der Waals surface area (Å²) in [7, 11) is 0. The van der Waals surface area contributed by atoms with E-state index >= 15 is 0 Å². The molecule has 0 heterocycles. The predicted molar refractivity (Wildman–Crippen MR) is 141 cm³/mol. The van der Waals surface area contributed by atoms with Crippen molar-refractivity contribution in [2.24, 2.45) is 5.41 Å². The van der Waals surface area contributed by atoms with E-state index in [1.54, 1.807) is 0 Å². The molecule has 0 saturated carbocycles. The Labute approximate surface area is 205 Å². The Morgan fingerprint density at radius 2 is 1.66 bits per heavy atom. The Morgan fingerprint density at radius 3 is 2.38 bits per heavy atom. The average molecular weight is 541 g/mol. The van der Waals surface area contributed by atoms with Crippen molar-refractivity contribution in [3.8, 4) is 5.75 Å². The Bertz CT molecular complexity index is 1050. The van der Waals surface area contributed by atoms with E-state index in [4.69, 9.17) is 4.74 Å². The molecule has 3 rings (SSSR count). The molecule has 0 saturated heterocycles. The van der Waals surface area contributed by atoms with Crippen LogP contribution in [0.4, 0.5) is 5.69 Å². The highest BCUT2D eigenvalue weighted by Crippen LogP contribution is 2.32. The monoisotopic (exact) mass is 541 g/mol.